The van der Waals surface area contributed by atoms with Crippen LogP contribution in [0, 0.1) is 0 Å². The highest BCUT2D eigenvalue weighted by Gasteiger charge is 2.29. The number of carbonyl (C=O) groups is 1. The van der Waals surface area contributed by atoms with Gasteiger partial charge >= 0.3 is 5.97 Å². The predicted octanol–water partition coefficient (Wildman–Crippen LogP) is 1.54. The number of nitrogens with zero attached hydrogens (tertiary/aromatic N) is 2. The lowest BCUT2D eigenvalue weighted by atomic mass is 10.1. The zero-order chi connectivity index (χ0) is 13.7. The van der Waals surface area contributed by atoms with Gasteiger partial charge in [0.25, 0.3) is 5.56 Å². The molecule has 0 unspecified atom stereocenters. The van der Waals surface area contributed by atoms with Gasteiger partial charge in [0.05, 0.1) is 23.6 Å². The highest BCUT2D eigenvalue weighted by Crippen LogP contribution is 2.42. The maximum atomic E-state index is 12.3. The molecular weight excluding hydrogens is 244 g/mol. The fraction of sp³-hybridized carbons (Fsp3) is 0.429. The standard InChI is InChI=1S/C14H16N2O3/c1-15-7-10(14(18)19-3)11-12(15)9(8-4-5-8)6-16(2)13(11)17/h6-8H,4-5H2,1-3H3. The van der Waals surface area contributed by atoms with Crippen molar-refractivity contribution in [3.8, 4) is 0 Å². The summed E-state index contributed by atoms with van der Waals surface area (Å²) in [6.07, 6.45) is 5.87. The van der Waals surface area contributed by atoms with Crippen molar-refractivity contribution in [2.45, 2.75) is 18.8 Å². The number of aryl methyl sites for hydroxylation is 2. The van der Waals surface area contributed by atoms with Crippen LogP contribution in [0.3, 0.4) is 0 Å². The summed E-state index contributed by atoms with van der Waals surface area (Å²) < 4.78 is 8.18. The third-order valence-electron chi connectivity index (χ3n) is 3.74. The molecule has 0 N–H and O–H groups in total. The Labute approximate surface area is 110 Å². The number of aromatic nitrogens is 2. The van der Waals surface area contributed by atoms with E-state index in [2.05, 4.69) is 0 Å². The van der Waals surface area contributed by atoms with Gasteiger partial charge in [-0.1, -0.05) is 0 Å². The van der Waals surface area contributed by atoms with Crippen molar-refractivity contribution in [1.29, 1.82) is 0 Å². The molecule has 0 aromatic carbocycles. The largest absolute Gasteiger partial charge is 0.465 e. The maximum absolute atomic E-state index is 12.3. The van der Waals surface area contributed by atoms with Crippen LogP contribution in [0.15, 0.2) is 17.2 Å². The van der Waals surface area contributed by atoms with E-state index in [0.29, 0.717) is 16.9 Å². The monoisotopic (exact) mass is 260 g/mol. The van der Waals surface area contributed by atoms with E-state index < -0.39 is 5.97 Å². The van der Waals surface area contributed by atoms with Crippen molar-refractivity contribution in [3.63, 3.8) is 0 Å². The first kappa shape index (κ1) is 12.0. The minimum absolute atomic E-state index is 0.152. The van der Waals surface area contributed by atoms with E-state index in [9.17, 15) is 9.59 Å². The van der Waals surface area contributed by atoms with Crippen molar-refractivity contribution in [3.05, 3.63) is 33.9 Å². The smallest absolute Gasteiger partial charge is 0.340 e. The average Bonchev–Trinajstić information content (AvgIpc) is 3.17. The summed E-state index contributed by atoms with van der Waals surface area (Å²) in [5, 5.41) is 0.473. The van der Waals surface area contributed by atoms with Crippen LogP contribution in [-0.4, -0.2) is 22.2 Å². The summed E-state index contributed by atoms with van der Waals surface area (Å²) in [5.41, 5.74) is 2.21. The molecule has 0 saturated heterocycles. The zero-order valence-electron chi connectivity index (χ0n) is 11.3. The molecule has 2 aromatic heterocycles. The first-order valence-corrected chi connectivity index (χ1v) is 6.31. The van der Waals surface area contributed by atoms with Gasteiger partial charge in [-0.2, -0.15) is 0 Å². The second-order valence-electron chi connectivity index (χ2n) is 5.14. The van der Waals surface area contributed by atoms with Gasteiger partial charge in [-0.05, 0) is 24.3 Å². The Morgan fingerprint density at radius 3 is 2.53 bits per heavy atom. The molecule has 2 aromatic rings. The molecule has 0 spiro atoms. The quantitative estimate of drug-likeness (QED) is 0.770. The topological polar surface area (TPSA) is 53.2 Å². The van der Waals surface area contributed by atoms with Gasteiger partial charge in [0.15, 0.2) is 0 Å². The fourth-order valence-electron chi connectivity index (χ4n) is 2.65. The van der Waals surface area contributed by atoms with E-state index in [1.807, 2.05) is 17.8 Å². The van der Waals surface area contributed by atoms with Gasteiger partial charge in [-0.25, -0.2) is 4.79 Å². The summed E-state index contributed by atoms with van der Waals surface area (Å²) >= 11 is 0. The summed E-state index contributed by atoms with van der Waals surface area (Å²) in [7, 11) is 4.91. The van der Waals surface area contributed by atoms with E-state index in [0.717, 1.165) is 23.9 Å². The van der Waals surface area contributed by atoms with Gasteiger partial charge in [-0.15, -0.1) is 0 Å². The summed E-state index contributed by atoms with van der Waals surface area (Å²) in [4.78, 5) is 24.1. The van der Waals surface area contributed by atoms with E-state index in [1.54, 1.807) is 17.8 Å². The highest BCUT2D eigenvalue weighted by molar-refractivity contribution is 6.04. The average molecular weight is 260 g/mol. The van der Waals surface area contributed by atoms with Crippen molar-refractivity contribution in [1.82, 2.24) is 9.13 Å². The SMILES string of the molecule is COC(=O)c1cn(C)c2c(C3CC3)cn(C)c(=O)c12. The Bertz CT molecular complexity index is 735. The molecule has 0 radical (unpaired) electrons. The van der Waals surface area contributed by atoms with Crippen LogP contribution < -0.4 is 5.56 Å². The zero-order valence-corrected chi connectivity index (χ0v) is 11.3. The number of carbonyl (C=O) groups excluding carboxylic acids is 1. The van der Waals surface area contributed by atoms with Gasteiger partial charge in [0.2, 0.25) is 0 Å². The molecule has 5 heteroatoms. The molecule has 1 aliphatic rings. The summed E-state index contributed by atoms with van der Waals surface area (Å²) in [6.45, 7) is 0. The van der Waals surface area contributed by atoms with Crippen molar-refractivity contribution in [2.75, 3.05) is 7.11 Å². The Morgan fingerprint density at radius 2 is 1.95 bits per heavy atom. The first-order valence-electron chi connectivity index (χ1n) is 6.31. The van der Waals surface area contributed by atoms with Crippen LogP contribution in [-0.2, 0) is 18.8 Å². The Balaban J connectivity index is 2.43. The molecule has 0 bridgehead atoms. The number of pyridine rings is 1. The second kappa shape index (κ2) is 3.98. The van der Waals surface area contributed by atoms with Crippen LogP contribution in [0.25, 0.3) is 10.9 Å². The molecule has 0 atom stereocenters. The number of hydrogen-bond donors (Lipinski definition) is 0. The van der Waals surface area contributed by atoms with Crippen molar-refractivity contribution < 1.29 is 9.53 Å². The molecule has 5 nitrogen and oxygen atoms in total. The molecule has 2 heterocycles. The molecule has 3 rings (SSSR count). The van der Waals surface area contributed by atoms with Gasteiger partial charge in [0.1, 0.15) is 0 Å². The molecule has 0 amide bonds. The third-order valence-corrected chi connectivity index (χ3v) is 3.74. The molecule has 1 aliphatic carbocycles. The Hall–Kier alpha value is -2.04. The first-order chi connectivity index (χ1) is 9.04. The van der Waals surface area contributed by atoms with Gasteiger partial charge < -0.3 is 13.9 Å². The fourth-order valence-corrected chi connectivity index (χ4v) is 2.65. The number of esters is 1. The number of rotatable bonds is 2. The molecule has 19 heavy (non-hydrogen) atoms. The maximum Gasteiger partial charge on any atom is 0.340 e. The number of ether oxygens (including phenoxy) is 1. The molecular formula is C14H16N2O3. The molecule has 0 aliphatic heterocycles. The van der Waals surface area contributed by atoms with Crippen molar-refractivity contribution in [2.24, 2.45) is 14.1 Å². The number of hydrogen-bond acceptors (Lipinski definition) is 3. The van der Waals surface area contributed by atoms with E-state index in [1.165, 1.54) is 7.11 Å². The van der Waals surface area contributed by atoms with E-state index in [-0.39, 0.29) is 5.56 Å². The minimum Gasteiger partial charge on any atom is -0.465 e. The lowest BCUT2D eigenvalue weighted by Crippen LogP contribution is -2.19. The normalized spacial score (nSPS) is 14.9. The highest BCUT2D eigenvalue weighted by atomic mass is 16.5. The Kier molecular flexibility index (Phi) is 2.52. The van der Waals surface area contributed by atoms with E-state index in [4.69, 9.17) is 4.74 Å². The lowest BCUT2D eigenvalue weighted by molar-refractivity contribution is 0.0602. The Morgan fingerprint density at radius 1 is 1.26 bits per heavy atom. The summed E-state index contributed by atoms with van der Waals surface area (Å²) in [5.74, 6) is 0.0454. The van der Waals surface area contributed by atoms with Crippen LogP contribution in [0.5, 0.6) is 0 Å². The molecule has 1 saturated carbocycles. The van der Waals surface area contributed by atoms with Crippen LogP contribution in [0.1, 0.15) is 34.7 Å². The predicted molar refractivity (Wildman–Crippen MR) is 71.5 cm³/mol. The van der Waals surface area contributed by atoms with Gasteiger partial charge in [-0.3, -0.25) is 4.79 Å². The molecule has 100 valence electrons. The third kappa shape index (κ3) is 1.69. The minimum atomic E-state index is -0.462. The number of fused-ring (bicyclic) bond motifs is 1. The van der Waals surface area contributed by atoms with Crippen LogP contribution in [0.2, 0.25) is 0 Å². The lowest BCUT2D eigenvalue weighted by Gasteiger charge is -2.07. The van der Waals surface area contributed by atoms with Crippen LogP contribution in [0.4, 0.5) is 0 Å². The second-order valence-corrected chi connectivity index (χ2v) is 5.14. The van der Waals surface area contributed by atoms with Gasteiger partial charge in [0, 0.05) is 26.5 Å². The van der Waals surface area contributed by atoms with E-state index >= 15 is 0 Å². The number of methoxy groups -OCH3 is 1. The summed E-state index contributed by atoms with van der Waals surface area (Å²) in [6, 6.07) is 0. The molecule has 1 fully saturated rings. The van der Waals surface area contributed by atoms with Crippen LogP contribution >= 0.6 is 0 Å². The van der Waals surface area contributed by atoms with Crippen molar-refractivity contribution >= 4 is 16.9 Å².